The summed E-state index contributed by atoms with van der Waals surface area (Å²) in [5.74, 6) is 1.06. The second-order valence-electron chi connectivity index (χ2n) is 11.1. The third kappa shape index (κ3) is 3.32. The number of carbonyl (C=O) groups is 1. The first-order valence-electron chi connectivity index (χ1n) is 11.8. The van der Waals surface area contributed by atoms with Crippen molar-refractivity contribution < 1.29 is 26.9 Å². The third-order valence-corrected chi connectivity index (χ3v) is 9.69. The van der Waals surface area contributed by atoms with Crippen LogP contribution in [-0.4, -0.2) is 53.0 Å². The van der Waals surface area contributed by atoms with Gasteiger partial charge in [0.15, 0.2) is 0 Å². The van der Waals surface area contributed by atoms with Crippen molar-refractivity contribution >= 4 is 45.2 Å². The normalized spacial score (nSPS) is 27.1. The minimum absolute atomic E-state index is 0.0890. The van der Waals surface area contributed by atoms with Crippen LogP contribution in [0.4, 0.5) is 5.69 Å². The molecule has 1 N–H and O–H groups in total. The van der Waals surface area contributed by atoms with Crippen molar-refractivity contribution in [1.29, 1.82) is 0 Å². The van der Waals surface area contributed by atoms with Crippen molar-refractivity contribution in [3.05, 3.63) is 23.5 Å². The van der Waals surface area contributed by atoms with E-state index in [4.69, 9.17) is 13.7 Å². The molecule has 5 rings (SSSR count). The van der Waals surface area contributed by atoms with E-state index >= 15 is 0 Å². The predicted molar refractivity (Wildman–Crippen MR) is 132 cm³/mol. The van der Waals surface area contributed by atoms with Crippen LogP contribution in [0.25, 0.3) is 11.0 Å². The van der Waals surface area contributed by atoms with E-state index in [1.807, 2.05) is 33.8 Å². The number of amides is 1. The molecular weight excluding hydrogens is 455 g/mol. The Balaban J connectivity index is 1.75. The zero-order valence-corrected chi connectivity index (χ0v) is 21.8. The summed E-state index contributed by atoms with van der Waals surface area (Å²) in [4.78, 5) is 13.1. The molecule has 2 heterocycles. The minimum atomic E-state index is -3.58. The molecule has 2 saturated carbocycles. The Hall–Kier alpha value is -2.04. The average molecular weight is 488 g/mol. The number of hydrogen-bond donors (Lipinski definition) is 1. The monoisotopic (exact) mass is 488 g/mol. The number of nitrogens with one attached hydrogen (secondary N) is 1. The zero-order chi connectivity index (χ0) is 24.8. The van der Waals surface area contributed by atoms with Crippen LogP contribution in [0, 0.1) is 5.92 Å². The number of anilines is 1. The highest BCUT2D eigenvalue weighted by Crippen LogP contribution is 2.65. The van der Waals surface area contributed by atoms with E-state index in [0.29, 0.717) is 33.6 Å². The summed E-state index contributed by atoms with van der Waals surface area (Å²) in [6.45, 7) is 7.79. The number of benzene rings is 1. The highest BCUT2D eigenvalue weighted by atomic mass is 32.2. The Morgan fingerprint density at radius 3 is 2.32 bits per heavy atom. The number of nitrogens with zero attached hydrogens (tertiary/aromatic N) is 1. The van der Waals surface area contributed by atoms with Gasteiger partial charge in [-0.2, -0.15) is 0 Å². The molecule has 3 fully saturated rings. The molecule has 0 radical (unpaired) electrons. The summed E-state index contributed by atoms with van der Waals surface area (Å²) >= 11 is 0. The van der Waals surface area contributed by atoms with Crippen LogP contribution >= 0.6 is 0 Å². The van der Waals surface area contributed by atoms with E-state index in [9.17, 15) is 13.2 Å². The summed E-state index contributed by atoms with van der Waals surface area (Å²) in [5, 5.41) is 3.42. The van der Waals surface area contributed by atoms with E-state index in [0.717, 1.165) is 37.7 Å². The van der Waals surface area contributed by atoms with Crippen molar-refractivity contribution in [3.63, 3.8) is 0 Å². The van der Waals surface area contributed by atoms with Crippen LogP contribution < -0.4 is 15.1 Å². The fourth-order valence-corrected chi connectivity index (χ4v) is 6.10. The maximum absolute atomic E-state index is 13.1. The number of hydrogen-bond acceptors (Lipinski definition) is 6. The molecule has 3 aliphatic rings. The summed E-state index contributed by atoms with van der Waals surface area (Å²) in [5.41, 5.74) is 0.681. The molecular formula is C24H33BN2O6S. The topological polar surface area (TPSA) is 98.1 Å². The zero-order valence-electron chi connectivity index (χ0n) is 20.9. The van der Waals surface area contributed by atoms with Crippen LogP contribution in [0.2, 0.25) is 0 Å². The molecule has 184 valence electrons. The summed E-state index contributed by atoms with van der Waals surface area (Å²) in [6, 6.07) is 3.52. The first-order valence-corrected chi connectivity index (χ1v) is 13.7. The molecule has 2 aromatic rings. The predicted octanol–water partition coefficient (Wildman–Crippen LogP) is 2.93. The van der Waals surface area contributed by atoms with Crippen molar-refractivity contribution in [2.75, 3.05) is 24.7 Å². The summed E-state index contributed by atoms with van der Waals surface area (Å²) in [6.07, 6.45) is 5.45. The number of fused-ring (bicyclic) bond motifs is 2. The van der Waals surface area contributed by atoms with Crippen LogP contribution in [0.1, 0.15) is 69.5 Å². The maximum atomic E-state index is 13.1. The largest absolute Gasteiger partial charge is 0.497 e. The number of sulfonamides is 1. The van der Waals surface area contributed by atoms with Crippen LogP contribution in [0.5, 0.6) is 0 Å². The highest BCUT2D eigenvalue weighted by Gasteiger charge is 2.61. The van der Waals surface area contributed by atoms with Gasteiger partial charge in [-0.15, -0.1) is 0 Å². The second kappa shape index (κ2) is 7.24. The fraction of sp³-hybridized carbons (Fsp3) is 0.625. The van der Waals surface area contributed by atoms with E-state index in [1.165, 1.54) is 11.4 Å². The Labute approximate surface area is 201 Å². The Morgan fingerprint density at radius 2 is 1.82 bits per heavy atom. The van der Waals surface area contributed by atoms with Crippen molar-refractivity contribution in [3.8, 4) is 0 Å². The lowest BCUT2D eigenvalue weighted by Crippen LogP contribution is -2.41. The molecule has 0 bridgehead atoms. The molecule has 1 aromatic carbocycles. The van der Waals surface area contributed by atoms with Crippen molar-refractivity contribution in [1.82, 2.24) is 5.32 Å². The number of furan rings is 1. The number of carbonyl (C=O) groups excluding carboxylic acids is 1. The molecule has 0 spiro atoms. The van der Waals surface area contributed by atoms with E-state index in [1.54, 1.807) is 13.1 Å². The van der Waals surface area contributed by atoms with Gasteiger partial charge in [0, 0.05) is 36.4 Å². The molecule has 1 aromatic heterocycles. The van der Waals surface area contributed by atoms with Gasteiger partial charge in [0.1, 0.15) is 11.3 Å². The van der Waals surface area contributed by atoms with Gasteiger partial charge in [0.25, 0.3) is 5.91 Å². The fourth-order valence-electron chi connectivity index (χ4n) is 5.58. The Kier molecular flexibility index (Phi) is 5.05. The van der Waals surface area contributed by atoms with Gasteiger partial charge in [-0.05, 0) is 58.9 Å². The third-order valence-electron chi connectivity index (χ3n) is 8.50. The Morgan fingerprint density at radius 1 is 1.18 bits per heavy atom. The smallest absolute Gasteiger partial charge is 0.460 e. The maximum Gasteiger partial charge on any atom is 0.497 e. The molecule has 2 atom stereocenters. The summed E-state index contributed by atoms with van der Waals surface area (Å²) < 4.78 is 45.2. The molecule has 2 unspecified atom stereocenters. The van der Waals surface area contributed by atoms with Crippen LogP contribution in [0.15, 0.2) is 16.5 Å². The standard InChI is InChI=1S/C24H33BN2O6S/c1-22(2)23(3,4)33-25(32-22)16-11-15-18(12-17(16)27(6)34(7,29)30)31-20(19(15)21(28)26-5)24-10-8-9-14(24)13-24/h11-12,14H,8-10,13H2,1-7H3,(H,26,28). The van der Waals surface area contributed by atoms with Crippen LogP contribution in [-0.2, 0) is 24.7 Å². The first-order chi connectivity index (χ1) is 15.7. The van der Waals surface area contributed by atoms with Gasteiger partial charge >= 0.3 is 7.12 Å². The molecule has 10 heteroatoms. The molecule has 8 nitrogen and oxygen atoms in total. The molecule has 1 aliphatic heterocycles. The molecule has 1 amide bonds. The highest BCUT2D eigenvalue weighted by molar-refractivity contribution is 7.92. The average Bonchev–Trinajstić information content (AvgIpc) is 3.02. The summed E-state index contributed by atoms with van der Waals surface area (Å²) in [7, 11) is -1.26. The SMILES string of the molecule is CNC(=O)c1c(C23CCCC2C3)oc2cc(N(C)S(C)(=O)=O)c(B3OC(C)(C)C(C)(C)O3)cc12. The van der Waals surface area contributed by atoms with E-state index in [2.05, 4.69) is 5.32 Å². The van der Waals surface area contributed by atoms with E-state index in [-0.39, 0.29) is 11.3 Å². The van der Waals surface area contributed by atoms with Gasteiger partial charge in [0.2, 0.25) is 10.0 Å². The molecule has 1 saturated heterocycles. The van der Waals surface area contributed by atoms with Crippen LogP contribution in [0.3, 0.4) is 0 Å². The minimum Gasteiger partial charge on any atom is -0.460 e. The first kappa shape index (κ1) is 23.7. The van der Waals surface area contributed by atoms with Crippen molar-refractivity contribution in [2.24, 2.45) is 5.92 Å². The lowest BCUT2D eigenvalue weighted by Gasteiger charge is -2.32. The molecule has 2 aliphatic carbocycles. The van der Waals surface area contributed by atoms with Gasteiger partial charge < -0.3 is 19.0 Å². The quantitative estimate of drug-likeness (QED) is 0.650. The van der Waals surface area contributed by atoms with Gasteiger partial charge in [-0.25, -0.2) is 8.42 Å². The van der Waals surface area contributed by atoms with Crippen molar-refractivity contribution in [2.45, 2.75) is 70.0 Å². The number of rotatable bonds is 5. The molecule has 34 heavy (non-hydrogen) atoms. The van der Waals surface area contributed by atoms with Gasteiger partial charge in [-0.3, -0.25) is 9.10 Å². The second-order valence-corrected chi connectivity index (χ2v) is 13.1. The Bertz CT molecular complexity index is 1280. The lowest BCUT2D eigenvalue weighted by atomic mass is 9.76. The van der Waals surface area contributed by atoms with E-state index < -0.39 is 28.3 Å². The van der Waals surface area contributed by atoms with Gasteiger partial charge in [0.05, 0.1) is 28.7 Å². The lowest BCUT2D eigenvalue weighted by molar-refractivity contribution is 0.00578. The van der Waals surface area contributed by atoms with Gasteiger partial charge in [-0.1, -0.05) is 6.42 Å².